The molecule has 0 amide bonds. The first-order valence-corrected chi connectivity index (χ1v) is 10.3. The molecule has 4 rings (SSSR count). The third kappa shape index (κ3) is 3.29. The molecule has 3 aliphatic rings. The number of nitrogens with zero attached hydrogens (tertiary/aromatic N) is 4. The Kier molecular flexibility index (Phi) is 4.26. The van der Waals surface area contributed by atoms with Gasteiger partial charge in [-0.2, -0.15) is 22.4 Å². The van der Waals surface area contributed by atoms with Gasteiger partial charge >= 0.3 is 0 Å². The molecule has 9 heteroatoms. The van der Waals surface area contributed by atoms with Crippen molar-refractivity contribution in [2.75, 3.05) is 31.1 Å². The second kappa shape index (κ2) is 6.27. The van der Waals surface area contributed by atoms with Crippen LogP contribution in [-0.4, -0.2) is 55.1 Å². The lowest BCUT2D eigenvalue weighted by atomic mass is 9.99. The van der Waals surface area contributed by atoms with Crippen molar-refractivity contribution < 1.29 is 12.9 Å². The highest BCUT2D eigenvalue weighted by Gasteiger charge is 2.45. The van der Waals surface area contributed by atoms with Gasteiger partial charge in [0.2, 0.25) is 5.89 Å². The molecule has 3 heterocycles. The smallest absolute Gasteiger partial charge is 0.279 e. The minimum atomic E-state index is -3.41. The van der Waals surface area contributed by atoms with Crippen molar-refractivity contribution in [2.24, 2.45) is 11.8 Å². The molecule has 1 aromatic heterocycles. The molecule has 1 N–H and O–H groups in total. The molecule has 8 nitrogen and oxygen atoms in total. The van der Waals surface area contributed by atoms with E-state index >= 15 is 0 Å². The van der Waals surface area contributed by atoms with Crippen LogP contribution in [0.2, 0.25) is 0 Å². The molecule has 1 aliphatic carbocycles. The first-order valence-electron chi connectivity index (χ1n) is 8.85. The lowest BCUT2D eigenvalue weighted by Crippen LogP contribution is -2.50. The Labute approximate surface area is 142 Å². The van der Waals surface area contributed by atoms with Crippen LogP contribution in [0.15, 0.2) is 4.52 Å². The van der Waals surface area contributed by atoms with E-state index in [1.54, 1.807) is 11.2 Å². The van der Waals surface area contributed by atoms with E-state index in [9.17, 15) is 8.42 Å². The molecule has 1 saturated carbocycles. The average Bonchev–Trinajstić information content (AvgIpc) is 3.19. The van der Waals surface area contributed by atoms with E-state index in [1.807, 2.05) is 4.90 Å². The molecule has 0 unspecified atom stereocenters. The van der Waals surface area contributed by atoms with Gasteiger partial charge in [0.25, 0.3) is 16.2 Å². The molecule has 0 bridgehead atoms. The van der Waals surface area contributed by atoms with Crippen LogP contribution < -0.4 is 9.62 Å². The van der Waals surface area contributed by atoms with Crippen LogP contribution in [0.3, 0.4) is 0 Å². The van der Waals surface area contributed by atoms with Crippen LogP contribution >= 0.6 is 0 Å². The number of aromatic nitrogens is 2. The summed E-state index contributed by atoms with van der Waals surface area (Å²) in [5, 5.41) is 3.98. The molecule has 0 spiro atoms. The molecule has 1 aromatic rings. The monoisotopic (exact) mass is 355 g/mol. The van der Waals surface area contributed by atoms with E-state index in [2.05, 4.69) is 14.9 Å². The molecule has 24 heavy (non-hydrogen) atoms. The van der Waals surface area contributed by atoms with Gasteiger partial charge in [0.15, 0.2) is 0 Å². The van der Waals surface area contributed by atoms with Gasteiger partial charge in [0.1, 0.15) is 0 Å². The second-order valence-electron chi connectivity index (χ2n) is 7.21. The molecule has 2 aliphatic heterocycles. The maximum atomic E-state index is 12.7. The van der Waals surface area contributed by atoms with Crippen LogP contribution in [0.1, 0.15) is 38.0 Å². The fourth-order valence-electron chi connectivity index (χ4n) is 3.91. The fourth-order valence-corrected chi connectivity index (χ4v) is 5.43. The quantitative estimate of drug-likeness (QED) is 0.844. The van der Waals surface area contributed by atoms with Gasteiger partial charge in [-0.3, -0.25) is 0 Å². The Hall–Kier alpha value is -1.19. The van der Waals surface area contributed by atoms with Gasteiger partial charge in [-0.05, 0) is 42.7 Å². The number of rotatable bonds is 5. The summed E-state index contributed by atoms with van der Waals surface area (Å²) in [6.45, 7) is 4.42. The van der Waals surface area contributed by atoms with Gasteiger partial charge in [0, 0.05) is 39.1 Å². The van der Waals surface area contributed by atoms with E-state index in [0.717, 1.165) is 25.8 Å². The predicted octanol–water partition coefficient (Wildman–Crippen LogP) is 0.913. The molecule has 0 aromatic carbocycles. The summed E-state index contributed by atoms with van der Waals surface area (Å²) < 4.78 is 35.1. The molecule has 0 radical (unpaired) electrons. The minimum absolute atomic E-state index is 0.0803. The van der Waals surface area contributed by atoms with Crippen LogP contribution in [0.25, 0.3) is 0 Å². The van der Waals surface area contributed by atoms with E-state index in [4.69, 9.17) is 4.52 Å². The van der Waals surface area contributed by atoms with Gasteiger partial charge in [-0.25, -0.2) is 0 Å². The number of hydrogen-bond acceptors (Lipinski definition) is 6. The highest BCUT2D eigenvalue weighted by molar-refractivity contribution is 7.87. The maximum absolute atomic E-state index is 12.7. The van der Waals surface area contributed by atoms with E-state index in [1.165, 1.54) is 12.8 Å². The third-order valence-electron chi connectivity index (χ3n) is 5.35. The van der Waals surface area contributed by atoms with Gasteiger partial charge in [-0.1, -0.05) is 6.42 Å². The van der Waals surface area contributed by atoms with Gasteiger partial charge in [0.05, 0.1) is 0 Å². The standard InChI is InChI=1S/C15H25N5O3S/c1-11-16-15(17-23-11)19-9-13(12-5-6-12)14(10-19)18-24(21,22)20-7-3-2-4-8-20/h12-14,18H,2-10H2,1H3/t13-,14+/m1/s1. The zero-order valence-corrected chi connectivity index (χ0v) is 14.8. The van der Waals surface area contributed by atoms with Crippen LogP contribution in [0.4, 0.5) is 5.95 Å². The first-order chi connectivity index (χ1) is 11.5. The second-order valence-corrected chi connectivity index (χ2v) is 8.91. The topological polar surface area (TPSA) is 91.6 Å². The summed E-state index contributed by atoms with van der Waals surface area (Å²) in [7, 11) is -3.41. The maximum Gasteiger partial charge on any atom is 0.279 e. The Morgan fingerprint density at radius 1 is 1.17 bits per heavy atom. The van der Waals surface area contributed by atoms with Crippen molar-refractivity contribution in [2.45, 2.75) is 45.1 Å². The summed E-state index contributed by atoms with van der Waals surface area (Å²) in [6, 6.07) is -0.0803. The summed E-state index contributed by atoms with van der Waals surface area (Å²) in [6.07, 6.45) is 5.39. The van der Waals surface area contributed by atoms with Crippen molar-refractivity contribution in [1.29, 1.82) is 0 Å². The largest absolute Gasteiger partial charge is 0.338 e. The molecule has 134 valence electrons. The molecule has 2 atom stereocenters. The lowest BCUT2D eigenvalue weighted by molar-refractivity contribution is 0.332. The highest BCUT2D eigenvalue weighted by atomic mass is 32.2. The van der Waals surface area contributed by atoms with E-state index in [-0.39, 0.29) is 6.04 Å². The number of piperidine rings is 1. The molecular weight excluding hydrogens is 330 g/mol. The van der Waals surface area contributed by atoms with Crippen molar-refractivity contribution in [1.82, 2.24) is 19.2 Å². The molecular formula is C15H25N5O3S. The Morgan fingerprint density at radius 2 is 1.92 bits per heavy atom. The lowest BCUT2D eigenvalue weighted by Gasteiger charge is -2.28. The number of aryl methyl sites for hydroxylation is 1. The van der Waals surface area contributed by atoms with E-state index in [0.29, 0.717) is 43.3 Å². The Morgan fingerprint density at radius 3 is 2.54 bits per heavy atom. The van der Waals surface area contributed by atoms with Crippen LogP contribution in [0.5, 0.6) is 0 Å². The zero-order chi connectivity index (χ0) is 16.7. The zero-order valence-electron chi connectivity index (χ0n) is 14.0. The Bertz CT molecular complexity index is 681. The SMILES string of the molecule is Cc1nc(N2C[C@H](NS(=O)(=O)N3CCCCC3)[C@@H](C3CC3)C2)no1. The molecule has 3 fully saturated rings. The number of nitrogens with one attached hydrogen (secondary N) is 1. The minimum Gasteiger partial charge on any atom is -0.338 e. The summed E-state index contributed by atoms with van der Waals surface area (Å²) in [4.78, 5) is 6.33. The summed E-state index contributed by atoms with van der Waals surface area (Å²) in [5.41, 5.74) is 0. The van der Waals surface area contributed by atoms with Crippen molar-refractivity contribution >= 4 is 16.2 Å². The summed E-state index contributed by atoms with van der Waals surface area (Å²) in [5.74, 6) is 2.03. The van der Waals surface area contributed by atoms with Crippen LogP contribution in [-0.2, 0) is 10.2 Å². The number of anilines is 1. The van der Waals surface area contributed by atoms with Gasteiger partial charge < -0.3 is 9.42 Å². The van der Waals surface area contributed by atoms with Crippen molar-refractivity contribution in [3.05, 3.63) is 5.89 Å². The van der Waals surface area contributed by atoms with Crippen molar-refractivity contribution in [3.63, 3.8) is 0 Å². The predicted molar refractivity (Wildman–Crippen MR) is 88.7 cm³/mol. The average molecular weight is 355 g/mol. The van der Waals surface area contributed by atoms with Crippen LogP contribution in [0, 0.1) is 18.8 Å². The van der Waals surface area contributed by atoms with E-state index < -0.39 is 10.2 Å². The van der Waals surface area contributed by atoms with Gasteiger partial charge in [-0.15, -0.1) is 0 Å². The third-order valence-corrected chi connectivity index (χ3v) is 6.99. The first kappa shape index (κ1) is 16.3. The summed E-state index contributed by atoms with van der Waals surface area (Å²) >= 11 is 0. The number of hydrogen-bond donors (Lipinski definition) is 1. The molecule has 2 saturated heterocycles. The van der Waals surface area contributed by atoms with Crippen molar-refractivity contribution in [3.8, 4) is 0 Å². The Balaban J connectivity index is 1.48. The normalized spacial score (nSPS) is 29.3. The highest BCUT2D eigenvalue weighted by Crippen LogP contribution is 2.42. The fraction of sp³-hybridized carbons (Fsp3) is 0.867.